The van der Waals surface area contributed by atoms with Crippen molar-refractivity contribution in [3.63, 3.8) is 0 Å². The van der Waals surface area contributed by atoms with Gasteiger partial charge in [-0.2, -0.15) is 0 Å². The highest BCUT2D eigenvalue weighted by atomic mass is 35.5. The molecular formula is C14H13ClN4O3. The average molecular weight is 321 g/mol. The number of nitrogens with zero attached hydrogens (tertiary/aromatic N) is 3. The molecule has 1 aliphatic heterocycles. The van der Waals surface area contributed by atoms with E-state index >= 15 is 0 Å². The summed E-state index contributed by atoms with van der Waals surface area (Å²) < 4.78 is 4.87. The minimum absolute atomic E-state index is 0.149. The zero-order valence-corrected chi connectivity index (χ0v) is 12.5. The lowest BCUT2D eigenvalue weighted by molar-refractivity contribution is -0.123. The summed E-state index contributed by atoms with van der Waals surface area (Å²) in [6.45, 7) is 2.44. The Bertz CT molecular complexity index is 707. The van der Waals surface area contributed by atoms with Gasteiger partial charge in [0.25, 0.3) is 5.91 Å². The van der Waals surface area contributed by atoms with E-state index in [-0.39, 0.29) is 23.4 Å². The molecule has 2 amide bonds. The lowest BCUT2D eigenvalue weighted by Crippen LogP contribution is -2.54. The Morgan fingerprint density at radius 1 is 1.41 bits per heavy atom. The fraction of sp³-hybridized carbons (Fsp3) is 0.286. The first-order valence-electron chi connectivity index (χ1n) is 6.68. The van der Waals surface area contributed by atoms with Crippen molar-refractivity contribution < 1.29 is 14.1 Å². The molecule has 8 heteroatoms. The molecule has 0 atom stereocenters. The van der Waals surface area contributed by atoms with Crippen LogP contribution in [-0.4, -0.2) is 39.9 Å². The molecule has 0 unspecified atom stereocenters. The molecule has 0 aliphatic carbocycles. The molecule has 2 aromatic heterocycles. The number of hydrogen-bond acceptors (Lipinski definition) is 5. The van der Waals surface area contributed by atoms with Gasteiger partial charge in [0.05, 0.1) is 17.8 Å². The van der Waals surface area contributed by atoms with Crippen LogP contribution in [0.5, 0.6) is 0 Å². The predicted molar refractivity (Wildman–Crippen MR) is 78.5 cm³/mol. The van der Waals surface area contributed by atoms with Crippen molar-refractivity contribution in [2.45, 2.75) is 6.92 Å². The number of aryl methyl sites for hydroxylation is 1. The molecule has 0 radical (unpaired) electrons. The monoisotopic (exact) mass is 320 g/mol. The quantitative estimate of drug-likeness (QED) is 0.870. The molecule has 3 heterocycles. The predicted octanol–water partition coefficient (Wildman–Crippen LogP) is 1.74. The van der Waals surface area contributed by atoms with Crippen molar-refractivity contribution in [1.29, 1.82) is 0 Å². The number of likely N-dealkylation sites (tertiary alicyclic amines) is 1. The molecule has 1 fully saturated rings. The molecule has 0 spiro atoms. The van der Waals surface area contributed by atoms with Crippen LogP contribution < -0.4 is 5.32 Å². The zero-order valence-electron chi connectivity index (χ0n) is 11.7. The van der Waals surface area contributed by atoms with Crippen molar-refractivity contribution in [3.05, 3.63) is 41.0 Å². The van der Waals surface area contributed by atoms with E-state index in [1.165, 1.54) is 6.20 Å². The molecule has 22 heavy (non-hydrogen) atoms. The molecule has 0 aromatic carbocycles. The lowest BCUT2D eigenvalue weighted by Gasteiger charge is -2.37. The van der Waals surface area contributed by atoms with Crippen molar-refractivity contribution in [1.82, 2.24) is 15.0 Å². The van der Waals surface area contributed by atoms with Crippen molar-refractivity contribution in [2.75, 3.05) is 18.4 Å². The number of hydrogen-bond donors (Lipinski definition) is 1. The minimum atomic E-state index is -0.243. The molecule has 2 aromatic rings. The van der Waals surface area contributed by atoms with Crippen LogP contribution in [-0.2, 0) is 4.79 Å². The van der Waals surface area contributed by atoms with Gasteiger partial charge in [0.2, 0.25) is 5.91 Å². The number of anilines is 1. The molecule has 1 N–H and O–H groups in total. The van der Waals surface area contributed by atoms with Gasteiger partial charge in [0.1, 0.15) is 10.9 Å². The van der Waals surface area contributed by atoms with Gasteiger partial charge in [-0.1, -0.05) is 16.8 Å². The van der Waals surface area contributed by atoms with E-state index in [2.05, 4.69) is 15.5 Å². The van der Waals surface area contributed by atoms with Crippen molar-refractivity contribution >= 4 is 29.1 Å². The minimum Gasteiger partial charge on any atom is -0.361 e. The molecule has 0 saturated carbocycles. The Morgan fingerprint density at radius 2 is 2.18 bits per heavy atom. The number of nitrogens with one attached hydrogen (secondary N) is 1. The second kappa shape index (κ2) is 5.76. The molecule has 1 aliphatic rings. The first kappa shape index (κ1) is 14.5. The summed E-state index contributed by atoms with van der Waals surface area (Å²) in [6.07, 6.45) is 1.49. The van der Waals surface area contributed by atoms with Crippen molar-refractivity contribution in [3.8, 4) is 0 Å². The topological polar surface area (TPSA) is 88.3 Å². The van der Waals surface area contributed by atoms with Crippen molar-refractivity contribution in [2.24, 2.45) is 5.92 Å². The first-order valence-corrected chi connectivity index (χ1v) is 7.06. The van der Waals surface area contributed by atoms with Gasteiger partial charge >= 0.3 is 0 Å². The van der Waals surface area contributed by atoms with E-state index in [1.807, 2.05) is 0 Å². The van der Waals surface area contributed by atoms with Gasteiger partial charge in [-0.3, -0.25) is 9.59 Å². The molecule has 3 rings (SSSR count). The van der Waals surface area contributed by atoms with Gasteiger partial charge in [-0.25, -0.2) is 4.98 Å². The van der Waals surface area contributed by atoms with E-state index in [4.69, 9.17) is 16.1 Å². The summed E-state index contributed by atoms with van der Waals surface area (Å²) >= 11 is 5.68. The van der Waals surface area contributed by atoms with E-state index in [1.54, 1.807) is 30.0 Å². The highest BCUT2D eigenvalue weighted by Crippen LogP contribution is 2.20. The first-order chi connectivity index (χ1) is 10.5. The fourth-order valence-corrected chi connectivity index (χ4v) is 2.25. The van der Waals surface area contributed by atoms with Gasteiger partial charge < -0.3 is 14.7 Å². The molecule has 0 bridgehead atoms. The van der Waals surface area contributed by atoms with Crippen LogP contribution in [0.25, 0.3) is 0 Å². The summed E-state index contributed by atoms with van der Waals surface area (Å²) in [5.74, 6) is -0.0420. The fourth-order valence-electron chi connectivity index (χ4n) is 2.13. The number of halogens is 1. The number of aromatic nitrogens is 2. The Hall–Kier alpha value is -2.41. The second-order valence-electron chi connectivity index (χ2n) is 5.09. The van der Waals surface area contributed by atoms with E-state index in [9.17, 15) is 9.59 Å². The second-order valence-corrected chi connectivity index (χ2v) is 5.48. The van der Waals surface area contributed by atoms with Crippen LogP contribution in [0, 0.1) is 12.8 Å². The zero-order chi connectivity index (χ0) is 15.7. The van der Waals surface area contributed by atoms with Crippen LogP contribution in [0.1, 0.15) is 16.2 Å². The van der Waals surface area contributed by atoms with Crippen LogP contribution in [0.3, 0.4) is 0 Å². The number of amides is 2. The number of pyridine rings is 1. The van der Waals surface area contributed by atoms with E-state index in [0.29, 0.717) is 29.7 Å². The average Bonchev–Trinajstić information content (AvgIpc) is 2.86. The maximum atomic E-state index is 12.1. The maximum Gasteiger partial charge on any atom is 0.276 e. The summed E-state index contributed by atoms with van der Waals surface area (Å²) in [5, 5.41) is 6.78. The van der Waals surface area contributed by atoms with Crippen LogP contribution in [0.2, 0.25) is 5.15 Å². The van der Waals surface area contributed by atoms with Crippen LogP contribution >= 0.6 is 11.6 Å². The van der Waals surface area contributed by atoms with E-state index in [0.717, 1.165) is 0 Å². The normalized spacial score (nSPS) is 14.5. The summed E-state index contributed by atoms with van der Waals surface area (Å²) in [4.78, 5) is 29.5. The van der Waals surface area contributed by atoms with Gasteiger partial charge in [-0.05, 0) is 19.1 Å². The Labute approximate surface area is 131 Å². The lowest BCUT2D eigenvalue weighted by atomic mass is 9.98. The van der Waals surface area contributed by atoms with Gasteiger partial charge in [-0.15, -0.1) is 0 Å². The Kier molecular flexibility index (Phi) is 3.81. The largest absolute Gasteiger partial charge is 0.361 e. The summed E-state index contributed by atoms with van der Waals surface area (Å²) in [7, 11) is 0. The highest BCUT2D eigenvalue weighted by molar-refractivity contribution is 6.29. The van der Waals surface area contributed by atoms with Crippen LogP contribution in [0.15, 0.2) is 28.9 Å². The number of rotatable bonds is 3. The number of carbonyl (C=O) groups excluding carboxylic acids is 2. The third-order valence-electron chi connectivity index (χ3n) is 3.38. The Morgan fingerprint density at radius 3 is 2.77 bits per heavy atom. The standard InChI is InChI=1S/C14H13ClN4O3/c1-8-4-11(18-22-8)14(21)19-6-9(7-19)13(20)17-10-2-3-12(15)16-5-10/h2-5,9H,6-7H2,1H3,(H,17,20). The smallest absolute Gasteiger partial charge is 0.276 e. The van der Waals surface area contributed by atoms with Gasteiger partial charge in [0, 0.05) is 19.2 Å². The number of carbonyl (C=O) groups is 2. The maximum absolute atomic E-state index is 12.1. The molecule has 7 nitrogen and oxygen atoms in total. The third kappa shape index (κ3) is 2.94. The molecular weight excluding hydrogens is 308 g/mol. The Balaban J connectivity index is 1.53. The summed E-state index contributed by atoms with van der Waals surface area (Å²) in [5.41, 5.74) is 0.838. The molecule has 114 valence electrons. The molecule has 1 saturated heterocycles. The van der Waals surface area contributed by atoms with Crippen LogP contribution in [0.4, 0.5) is 5.69 Å². The summed E-state index contributed by atoms with van der Waals surface area (Å²) in [6, 6.07) is 4.85. The highest BCUT2D eigenvalue weighted by Gasteiger charge is 2.37. The third-order valence-corrected chi connectivity index (χ3v) is 3.61. The van der Waals surface area contributed by atoms with E-state index < -0.39 is 0 Å². The van der Waals surface area contributed by atoms with Gasteiger partial charge in [0.15, 0.2) is 5.69 Å². The SMILES string of the molecule is Cc1cc(C(=O)N2CC(C(=O)Nc3ccc(Cl)nc3)C2)no1.